The highest BCUT2D eigenvalue weighted by atomic mass is 14.9. The monoisotopic (exact) mass is 285 g/mol. The van der Waals surface area contributed by atoms with Crippen molar-refractivity contribution >= 4 is 0 Å². The molecular formula is C20H31N. The Morgan fingerprint density at radius 2 is 1.81 bits per heavy atom. The maximum Gasteiger partial charge on any atom is 0.00683 e. The predicted octanol–water partition coefficient (Wildman–Crippen LogP) is 5.05. The Bertz CT molecular complexity index is 432. The van der Waals surface area contributed by atoms with Crippen molar-refractivity contribution in [1.29, 1.82) is 0 Å². The minimum atomic E-state index is 0.780. The van der Waals surface area contributed by atoms with Crippen LogP contribution in [0.2, 0.25) is 0 Å². The van der Waals surface area contributed by atoms with Crippen LogP contribution in [-0.4, -0.2) is 12.6 Å². The van der Waals surface area contributed by atoms with Gasteiger partial charge in [-0.2, -0.15) is 0 Å². The van der Waals surface area contributed by atoms with Crippen LogP contribution in [0.5, 0.6) is 0 Å². The second-order valence-electron chi connectivity index (χ2n) is 7.43. The van der Waals surface area contributed by atoms with Crippen molar-refractivity contribution < 1.29 is 0 Å². The zero-order valence-corrected chi connectivity index (χ0v) is 13.8. The number of nitrogens with one attached hydrogen (secondary N) is 1. The molecule has 3 rings (SSSR count). The molecule has 3 atom stereocenters. The van der Waals surface area contributed by atoms with Gasteiger partial charge in [0.15, 0.2) is 0 Å². The van der Waals surface area contributed by atoms with Crippen molar-refractivity contribution in [2.75, 3.05) is 6.54 Å². The van der Waals surface area contributed by atoms with Crippen LogP contribution in [0.3, 0.4) is 0 Å². The Kier molecular flexibility index (Phi) is 5.00. The molecule has 0 radical (unpaired) electrons. The second kappa shape index (κ2) is 6.96. The average molecular weight is 285 g/mol. The van der Waals surface area contributed by atoms with Gasteiger partial charge in [-0.3, -0.25) is 0 Å². The molecule has 2 fully saturated rings. The van der Waals surface area contributed by atoms with Gasteiger partial charge in [0.05, 0.1) is 0 Å². The van der Waals surface area contributed by atoms with Crippen LogP contribution < -0.4 is 5.32 Å². The Morgan fingerprint density at radius 1 is 1.05 bits per heavy atom. The molecule has 2 aliphatic rings. The van der Waals surface area contributed by atoms with Crippen LogP contribution in [0, 0.1) is 18.8 Å². The fraction of sp³-hybridized carbons (Fsp3) is 0.700. The molecule has 1 aromatic carbocycles. The lowest BCUT2D eigenvalue weighted by molar-refractivity contribution is 0.220. The topological polar surface area (TPSA) is 12.0 Å². The molecule has 0 heterocycles. The molecule has 116 valence electrons. The SMILES string of the molecule is CCCC1CCC(CNC2CC2)C(c2ccc(C)cc2)C1. The van der Waals surface area contributed by atoms with E-state index in [0.29, 0.717) is 0 Å². The van der Waals surface area contributed by atoms with E-state index in [-0.39, 0.29) is 0 Å². The van der Waals surface area contributed by atoms with E-state index in [2.05, 4.69) is 43.4 Å². The minimum Gasteiger partial charge on any atom is -0.314 e. The largest absolute Gasteiger partial charge is 0.314 e. The number of hydrogen-bond donors (Lipinski definition) is 1. The van der Waals surface area contributed by atoms with Crippen molar-refractivity contribution in [3.05, 3.63) is 35.4 Å². The summed E-state index contributed by atoms with van der Waals surface area (Å²) < 4.78 is 0. The van der Waals surface area contributed by atoms with E-state index in [4.69, 9.17) is 0 Å². The molecule has 1 heteroatoms. The zero-order valence-electron chi connectivity index (χ0n) is 13.8. The Labute approximate surface area is 130 Å². The first kappa shape index (κ1) is 15.1. The maximum absolute atomic E-state index is 3.78. The summed E-state index contributed by atoms with van der Waals surface area (Å²) in [4.78, 5) is 0. The molecule has 1 N–H and O–H groups in total. The summed E-state index contributed by atoms with van der Waals surface area (Å²) in [5.74, 6) is 2.59. The van der Waals surface area contributed by atoms with E-state index in [1.807, 2.05) is 0 Å². The normalized spacial score (nSPS) is 29.5. The fourth-order valence-electron chi connectivity index (χ4n) is 4.06. The fourth-order valence-corrected chi connectivity index (χ4v) is 4.06. The zero-order chi connectivity index (χ0) is 14.7. The summed E-state index contributed by atoms with van der Waals surface area (Å²) in [6.45, 7) is 5.76. The Hall–Kier alpha value is -0.820. The third-order valence-electron chi connectivity index (χ3n) is 5.55. The minimum absolute atomic E-state index is 0.780. The molecule has 0 aliphatic heterocycles. The van der Waals surface area contributed by atoms with Crippen molar-refractivity contribution in [2.45, 2.75) is 70.8 Å². The maximum atomic E-state index is 3.78. The average Bonchev–Trinajstić information content (AvgIpc) is 3.31. The van der Waals surface area contributed by atoms with Gasteiger partial charge in [0.25, 0.3) is 0 Å². The van der Waals surface area contributed by atoms with Crippen LogP contribution >= 0.6 is 0 Å². The molecule has 1 nitrogen and oxygen atoms in total. The molecule has 0 bridgehead atoms. The van der Waals surface area contributed by atoms with Gasteiger partial charge in [0.2, 0.25) is 0 Å². The smallest absolute Gasteiger partial charge is 0.00683 e. The van der Waals surface area contributed by atoms with E-state index >= 15 is 0 Å². The molecule has 2 aliphatic carbocycles. The van der Waals surface area contributed by atoms with Gasteiger partial charge in [0.1, 0.15) is 0 Å². The van der Waals surface area contributed by atoms with Crippen molar-refractivity contribution in [3.8, 4) is 0 Å². The number of hydrogen-bond acceptors (Lipinski definition) is 1. The van der Waals surface area contributed by atoms with Gasteiger partial charge in [-0.25, -0.2) is 0 Å². The van der Waals surface area contributed by atoms with E-state index in [9.17, 15) is 0 Å². The van der Waals surface area contributed by atoms with Crippen LogP contribution in [0.25, 0.3) is 0 Å². The van der Waals surface area contributed by atoms with Crippen molar-refractivity contribution in [1.82, 2.24) is 5.32 Å². The number of rotatable bonds is 6. The molecule has 3 unspecified atom stereocenters. The molecular weight excluding hydrogens is 254 g/mol. The lowest BCUT2D eigenvalue weighted by Crippen LogP contribution is -2.33. The standard InChI is InChI=1S/C20H31N/c1-3-4-16-7-10-18(14-21-19-11-12-19)20(13-16)17-8-5-15(2)6-9-17/h5-6,8-9,16,18-21H,3-4,7,10-14H2,1-2H3. The summed E-state index contributed by atoms with van der Waals surface area (Å²) in [5.41, 5.74) is 2.97. The summed E-state index contributed by atoms with van der Waals surface area (Å²) in [5, 5.41) is 3.78. The van der Waals surface area contributed by atoms with Gasteiger partial charge in [-0.05, 0) is 62.5 Å². The van der Waals surface area contributed by atoms with Gasteiger partial charge in [-0.15, -0.1) is 0 Å². The van der Waals surface area contributed by atoms with Gasteiger partial charge in [0, 0.05) is 6.04 Å². The van der Waals surface area contributed by atoms with Crippen LogP contribution in [0.4, 0.5) is 0 Å². The number of aryl methyl sites for hydroxylation is 1. The van der Waals surface area contributed by atoms with E-state index < -0.39 is 0 Å². The third kappa shape index (κ3) is 4.10. The van der Waals surface area contributed by atoms with Crippen LogP contribution in [-0.2, 0) is 0 Å². The predicted molar refractivity (Wildman–Crippen MR) is 90.7 cm³/mol. The van der Waals surface area contributed by atoms with E-state index in [0.717, 1.165) is 23.8 Å². The van der Waals surface area contributed by atoms with Crippen LogP contribution in [0.1, 0.15) is 68.9 Å². The van der Waals surface area contributed by atoms with Gasteiger partial charge >= 0.3 is 0 Å². The highest BCUT2D eigenvalue weighted by molar-refractivity contribution is 5.25. The summed E-state index contributed by atoms with van der Waals surface area (Å²) in [7, 11) is 0. The summed E-state index contributed by atoms with van der Waals surface area (Å²) >= 11 is 0. The molecule has 0 saturated heterocycles. The molecule has 0 amide bonds. The second-order valence-corrected chi connectivity index (χ2v) is 7.43. The summed E-state index contributed by atoms with van der Waals surface area (Å²) in [6.07, 6.45) is 9.85. The first-order valence-electron chi connectivity index (χ1n) is 9.06. The van der Waals surface area contributed by atoms with E-state index in [1.54, 1.807) is 5.56 Å². The Morgan fingerprint density at radius 3 is 2.48 bits per heavy atom. The number of benzene rings is 1. The summed E-state index contributed by atoms with van der Waals surface area (Å²) in [6, 6.07) is 10.2. The van der Waals surface area contributed by atoms with Gasteiger partial charge < -0.3 is 5.32 Å². The molecule has 0 aromatic heterocycles. The first-order chi connectivity index (χ1) is 10.3. The molecule has 21 heavy (non-hydrogen) atoms. The highest BCUT2D eigenvalue weighted by Gasteiger charge is 2.32. The lowest BCUT2D eigenvalue weighted by Gasteiger charge is -2.37. The Balaban J connectivity index is 1.69. The molecule has 0 spiro atoms. The highest BCUT2D eigenvalue weighted by Crippen LogP contribution is 2.42. The van der Waals surface area contributed by atoms with Crippen LogP contribution in [0.15, 0.2) is 24.3 Å². The third-order valence-corrected chi connectivity index (χ3v) is 5.55. The van der Waals surface area contributed by atoms with Crippen molar-refractivity contribution in [2.24, 2.45) is 11.8 Å². The first-order valence-corrected chi connectivity index (χ1v) is 9.06. The van der Waals surface area contributed by atoms with Crippen molar-refractivity contribution in [3.63, 3.8) is 0 Å². The molecule has 1 aromatic rings. The lowest BCUT2D eigenvalue weighted by atomic mass is 9.70. The quantitative estimate of drug-likeness (QED) is 0.771. The van der Waals surface area contributed by atoms with E-state index in [1.165, 1.54) is 57.1 Å². The van der Waals surface area contributed by atoms with Gasteiger partial charge in [-0.1, -0.05) is 56.0 Å². The molecule has 2 saturated carbocycles.